The van der Waals surface area contributed by atoms with Crippen molar-refractivity contribution in [2.24, 2.45) is 0 Å². The highest BCUT2D eigenvalue weighted by Crippen LogP contribution is 2.26. The van der Waals surface area contributed by atoms with E-state index >= 15 is 0 Å². The summed E-state index contributed by atoms with van der Waals surface area (Å²) in [6.45, 7) is 6.92. The van der Waals surface area contributed by atoms with Crippen molar-refractivity contribution in [3.63, 3.8) is 0 Å². The van der Waals surface area contributed by atoms with Gasteiger partial charge in [0.15, 0.2) is 0 Å². The lowest BCUT2D eigenvalue weighted by Gasteiger charge is -2.41. The normalized spacial score (nSPS) is 23.2. The smallest absolute Gasteiger partial charge is 0.0220 e. The SMILES string of the molecule is CNCC(C)(CN(C)C1CCCN(C)C1)c1ccccc1. The minimum absolute atomic E-state index is 0.154. The number of hydrogen-bond acceptors (Lipinski definition) is 3. The predicted molar refractivity (Wildman–Crippen MR) is 90.9 cm³/mol. The van der Waals surface area contributed by atoms with E-state index in [9.17, 15) is 0 Å². The summed E-state index contributed by atoms with van der Waals surface area (Å²) in [7, 11) is 6.58. The van der Waals surface area contributed by atoms with E-state index in [0.29, 0.717) is 6.04 Å². The Kier molecular flexibility index (Phi) is 5.80. The topological polar surface area (TPSA) is 18.5 Å². The molecule has 0 aromatic heterocycles. The van der Waals surface area contributed by atoms with E-state index in [1.807, 2.05) is 0 Å². The zero-order valence-corrected chi connectivity index (χ0v) is 14.1. The van der Waals surface area contributed by atoms with Crippen molar-refractivity contribution in [3.05, 3.63) is 35.9 Å². The zero-order valence-electron chi connectivity index (χ0n) is 14.1. The number of likely N-dealkylation sites (tertiary alicyclic amines) is 1. The molecule has 118 valence electrons. The maximum atomic E-state index is 3.39. The number of nitrogens with zero attached hydrogens (tertiary/aromatic N) is 2. The third kappa shape index (κ3) is 4.29. The largest absolute Gasteiger partial charge is 0.319 e. The first kappa shape index (κ1) is 16.5. The molecule has 3 heteroatoms. The molecule has 0 aliphatic carbocycles. The quantitative estimate of drug-likeness (QED) is 0.866. The number of piperidine rings is 1. The summed E-state index contributed by atoms with van der Waals surface area (Å²) >= 11 is 0. The molecule has 0 spiro atoms. The molecule has 2 rings (SSSR count). The van der Waals surface area contributed by atoms with E-state index in [4.69, 9.17) is 0 Å². The van der Waals surface area contributed by atoms with Gasteiger partial charge in [0.1, 0.15) is 0 Å². The molecular formula is C18H31N3. The third-order valence-corrected chi connectivity index (χ3v) is 4.86. The molecule has 1 saturated heterocycles. The van der Waals surface area contributed by atoms with Crippen molar-refractivity contribution < 1.29 is 0 Å². The van der Waals surface area contributed by atoms with Gasteiger partial charge in [0.2, 0.25) is 0 Å². The van der Waals surface area contributed by atoms with E-state index in [0.717, 1.165) is 13.1 Å². The van der Waals surface area contributed by atoms with Gasteiger partial charge in [-0.25, -0.2) is 0 Å². The molecule has 2 unspecified atom stereocenters. The van der Waals surface area contributed by atoms with Crippen LogP contribution in [0.5, 0.6) is 0 Å². The van der Waals surface area contributed by atoms with Crippen molar-refractivity contribution in [1.82, 2.24) is 15.1 Å². The highest BCUT2D eigenvalue weighted by molar-refractivity contribution is 5.25. The monoisotopic (exact) mass is 289 g/mol. The number of nitrogens with one attached hydrogen (secondary N) is 1. The van der Waals surface area contributed by atoms with Crippen molar-refractivity contribution in [3.8, 4) is 0 Å². The van der Waals surface area contributed by atoms with Gasteiger partial charge in [-0.1, -0.05) is 37.3 Å². The molecule has 1 aliphatic heterocycles. The van der Waals surface area contributed by atoms with Crippen molar-refractivity contribution in [2.45, 2.75) is 31.2 Å². The third-order valence-electron chi connectivity index (χ3n) is 4.86. The van der Waals surface area contributed by atoms with Crippen LogP contribution in [0.15, 0.2) is 30.3 Å². The average molecular weight is 289 g/mol. The van der Waals surface area contributed by atoms with Crippen LogP contribution in [0.1, 0.15) is 25.3 Å². The number of rotatable bonds is 6. The van der Waals surface area contributed by atoms with E-state index in [-0.39, 0.29) is 5.41 Å². The van der Waals surface area contributed by atoms with Gasteiger partial charge < -0.3 is 15.1 Å². The summed E-state index contributed by atoms with van der Waals surface area (Å²) in [4.78, 5) is 5.03. The second-order valence-corrected chi connectivity index (χ2v) is 6.93. The van der Waals surface area contributed by atoms with Crippen LogP contribution >= 0.6 is 0 Å². The van der Waals surface area contributed by atoms with E-state index in [2.05, 4.69) is 73.5 Å². The van der Waals surface area contributed by atoms with Gasteiger partial charge in [0, 0.05) is 31.1 Å². The zero-order chi connectivity index (χ0) is 15.3. The Morgan fingerprint density at radius 3 is 2.67 bits per heavy atom. The summed E-state index contributed by atoms with van der Waals surface area (Å²) in [6.07, 6.45) is 2.64. The van der Waals surface area contributed by atoms with E-state index < -0.39 is 0 Å². The Hall–Kier alpha value is -0.900. The van der Waals surface area contributed by atoms with Gasteiger partial charge in [-0.3, -0.25) is 0 Å². The molecule has 0 saturated carbocycles. The highest BCUT2D eigenvalue weighted by atomic mass is 15.2. The maximum Gasteiger partial charge on any atom is 0.0220 e. The molecule has 1 aromatic rings. The van der Waals surface area contributed by atoms with Gasteiger partial charge in [-0.2, -0.15) is 0 Å². The Bertz CT molecular complexity index is 420. The lowest BCUT2D eigenvalue weighted by molar-refractivity contribution is 0.114. The van der Waals surface area contributed by atoms with Gasteiger partial charge in [0.05, 0.1) is 0 Å². The Morgan fingerprint density at radius 2 is 2.05 bits per heavy atom. The first-order chi connectivity index (χ1) is 10.0. The number of likely N-dealkylation sites (N-methyl/N-ethyl adjacent to an activating group) is 3. The van der Waals surface area contributed by atoms with Gasteiger partial charge in [0.25, 0.3) is 0 Å². The van der Waals surface area contributed by atoms with Gasteiger partial charge in [-0.15, -0.1) is 0 Å². The van der Waals surface area contributed by atoms with E-state index in [1.54, 1.807) is 0 Å². The fraction of sp³-hybridized carbons (Fsp3) is 0.667. The van der Waals surface area contributed by atoms with Crippen LogP contribution in [0.4, 0.5) is 0 Å². The fourth-order valence-electron chi connectivity index (χ4n) is 3.66. The summed E-state index contributed by atoms with van der Waals surface area (Å²) in [5, 5.41) is 3.39. The molecule has 1 fully saturated rings. The van der Waals surface area contributed by atoms with Gasteiger partial charge in [-0.05, 0) is 46.1 Å². The molecular weight excluding hydrogens is 258 g/mol. The molecule has 0 radical (unpaired) electrons. The molecule has 21 heavy (non-hydrogen) atoms. The Labute approximate surface area is 130 Å². The molecule has 1 aromatic carbocycles. The summed E-state index contributed by atoms with van der Waals surface area (Å²) in [6, 6.07) is 11.6. The predicted octanol–water partition coefficient (Wildman–Crippen LogP) is 2.19. The molecule has 0 amide bonds. The molecule has 1 aliphatic rings. The lowest BCUT2D eigenvalue weighted by Crippen LogP contribution is -2.51. The Balaban J connectivity index is 2.08. The number of hydrogen-bond donors (Lipinski definition) is 1. The standard InChI is InChI=1S/C18H31N3/c1-18(14-19-2,16-9-6-5-7-10-16)15-21(4)17-11-8-12-20(3)13-17/h5-7,9-10,17,19H,8,11-15H2,1-4H3. The van der Waals surface area contributed by atoms with Crippen LogP contribution in [-0.2, 0) is 5.41 Å². The second-order valence-electron chi connectivity index (χ2n) is 6.93. The number of benzene rings is 1. The van der Waals surface area contributed by atoms with Crippen molar-refractivity contribution in [2.75, 3.05) is 47.3 Å². The van der Waals surface area contributed by atoms with Gasteiger partial charge >= 0.3 is 0 Å². The fourth-order valence-corrected chi connectivity index (χ4v) is 3.66. The average Bonchev–Trinajstić information content (AvgIpc) is 2.48. The molecule has 0 bridgehead atoms. The van der Waals surface area contributed by atoms with Crippen molar-refractivity contribution >= 4 is 0 Å². The first-order valence-corrected chi connectivity index (χ1v) is 8.14. The maximum absolute atomic E-state index is 3.39. The minimum Gasteiger partial charge on any atom is -0.319 e. The summed E-state index contributed by atoms with van der Waals surface area (Å²) in [5.74, 6) is 0. The van der Waals surface area contributed by atoms with Crippen LogP contribution in [-0.4, -0.2) is 63.2 Å². The molecule has 1 heterocycles. The van der Waals surface area contributed by atoms with Crippen LogP contribution in [0.25, 0.3) is 0 Å². The van der Waals surface area contributed by atoms with Crippen molar-refractivity contribution in [1.29, 1.82) is 0 Å². The summed E-state index contributed by atoms with van der Waals surface area (Å²) < 4.78 is 0. The van der Waals surface area contributed by atoms with Crippen LogP contribution < -0.4 is 5.32 Å². The molecule has 1 N–H and O–H groups in total. The second kappa shape index (κ2) is 7.39. The first-order valence-electron chi connectivity index (χ1n) is 8.14. The Morgan fingerprint density at radius 1 is 1.33 bits per heavy atom. The van der Waals surface area contributed by atoms with Crippen LogP contribution in [0, 0.1) is 0 Å². The van der Waals surface area contributed by atoms with E-state index in [1.165, 1.54) is 31.5 Å². The molecule has 2 atom stereocenters. The minimum atomic E-state index is 0.154. The highest BCUT2D eigenvalue weighted by Gasteiger charge is 2.31. The van der Waals surface area contributed by atoms with Crippen LogP contribution in [0.2, 0.25) is 0 Å². The van der Waals surface area contributed by atoms with Crippen LogP contribution in [0.3, 0.4) is 0 Å². The lowest BCUT2D eigenvalue weighted by atomic mass is 9.81. The molecule has 3 nitrogen and oxygen atoms in total. The summed E-state index contributed by atoms with van der Waals surface area (Å²) in [5.41, 5.74) is 1.58.